The van der Waals surface area contributed by atoms with Crippen molar-refractivity contribution in [2.45, 2.75) is 39.0 Å². The van der Waals surface area contributed by atoms with Crippen LogP contribution in [0.5, 0.6) is 5.75 Å². The minimum atomic E-state index is 0. The van der Waals surface area contributed by atoms with Gasteiger partial charge in [0.1, 0.15) is 5.75 Å². The zero-order chi connectivity index (χ0) is 22.4. The van der Waals surface area contributed by atoms with Gasteiger partial charge >= 0.3 is 26.2 Å². The van der Waals surface area contributed by atoms with E-state index in [0.717, 1.165) is 31.6 Å². The van der Waals surface area contributed by atoms with Gasteiger partial charge in [0, 0.05) is 18.7 Å². The molecule has 0 amide bonds. The molecule has 3 aromatic carbocycles. The van der Waals surface area contributed by atoms with Crippen LogP contribution in [-0.4, -0.2) is 18.2 Å². The molecule has 1 aliphatic heterocycles. The van der Waals surface area contributed by atoms with Crippen LogP contribution in [0.4, 0.5) is 5.69 Å². The first-order chi connectivity index (χ1) is 15.8. The summed E-state index contributed by atoms with van der Waals surface area (Å²) in [7, 11) is 0. The summed E-state index contributed by atoms with van der Waals surface area (Å²) in [6.45, 7) is 4.35. The topological polar surface area (TPSA) is 23.5 Å². The summed E-state index contributed by atoms with van der Waals surface area (Å²) in [5.74, 6) is 0.430. The maximum absolute atomic E-state index is 10.3. The van der Waals surface area contributed by atoms with Crippen LogP contribution in [-0.2, 0) is 26.2 Å². The van der Waals surface area contributed by atoms with E-state index < -0.39 is 0 Å². The van der Waals surface area contributed by atoms with Gasteiger partial charge in [-0.1, -0.05) is 37.6 Å². The summed E-state index contributed by atoms with van der Waals surface area (Å²) in [5.41, 5.74) is 5.14. The Labute approximate surface area is 218 Å². The van der Waals surface area contributed by atoms with Crippen molar-refractivity contribution in [3.8, 4) is 5.75 Å². The second kappa shape index (κ2) is 15.5. The molecule has 2 nitrogen and oxygen atoms in total. The SMILES string of the molecule is CCCC1=C(c2cccc(O)c2N2CCCC2)CC=C1.[Zr+2].[c-]1ccccc1.[c-]1ccccc1. The molecule has 3 aromatic rings. The first kappa shape index (κ1) is 26.9. The van der Waals surface area contributed by atoms with Crippen LogP contribution >= 0.6 is 0 Å². The van der Waals surface area contributed by atoms with Crippen molar-refractivity contribution < 1.29 is 31.3 Å². The van der Waals surface area contributed by atoms with E-state index >= 15 is 0 Å². The van der Waals surface area contributed by atoms with Gasteiger partial charge in [0.2, 0.25) is 0 Å². The third-order valence-corrected chi connectivity index (χ3v) is 5.52. The third-order valence-electron chi connectivity index (χ3n) is 5.52. The van der Waals surface area contributed by atoms with E-state index in [2.05, 4.69) is 42.2 Å². The molecule has 1 heterocycles. The van der Waals surface area contributed by atoms with E-state index in [1.54, 1.807) is 0 Å². The van der Waals surface area contributed by atoms with Crippen molar-refractivity contribution in [1.29, 1.82) is 0 Å². The molecule has 1 saturated heterocycles. The van der Waals surface area contributed by atoms with Gasteiger partial charge in [-0.05, 0) is 42.9 Å². The van der Waals surface area contributed by atoms with E-state index in [1.807, 2.05) is 72.8 Å². The summed E-state index contributed by atoms with van der Waals surface area (Å²) in [6, 6.07) is 31.0. The Kier molecular flexibility index (Phi) is 12.6. The molecular weight excluding hydrogens is 482 g/mol. The van der Waals surface area contributed by atoms with Crippen molar-refractivity contribution in [1.82, 2.24) is 0 Å². The summed E-state index contributed by atoms with van der Waals surface area (Å²) in [4.78, 5) is 2.35. The number of nitrogens with zero attached hydrogens (tertiary/aromatic N) is 1. The van der Waals surface area contributed by atoms with Crippen molar-refractivity contribution >= 4 is 11.3 Å². The Balaban J connectivity index is 0.000000242. The molecule has 0 aromatic heterocycles. The number of phenols is 1. The number of anilines is 1. The molecule has 0 saturated carbocycles. The van der Waals surface area contributed by atoms with Gasteiger partial charge in [0.05, 0.1) is 5.69 Å². The zero-order valence-corrected chi connectivity index (χ0v) is 22.0. The number of allylic oxidation sites excluding steroid dienone is 4. The molecular formula is C30H33NOZr. The Morgan fingerprint density at radius 2 is 1.45 bits per heavy atom. The maximum atomic E-state index is 10.3. The standard InChI is InChI=1S/C18H23NO.2C6H5.Zr/c1-2-7-14-8-5-9-15(14)16-10-6-11-17(20)18(16)19-12-3-4-13-19;2*1-2-4-6-5-3-1;/h5-6,8,10-11,20H,2-4,7,9,12-13H2,1H3;2*1-5H;/q;2*-1;+2. The number of phenolic OH excluding ortho intramolecular Hbond substituents is 1. The van der Waals surface area contributed by atoms with Gasteiger partial charge in [-0.15, -0.1) is 0 Å². The molecule has 3 heteroatoms. The molecule has 0 radical (unpaired) electrons. The third kappa shape index (κ3) is 8.48. The second-order valence-electron chi connectivity index (χ2n) is 7.88. The number of rotatable bonds is 4. The van der Waals surface area contributed by atoms with E-state index in [4.69, 9.17) is 0 Å². The van der Waals surface area contributed by atoms with Crippen LogP contribution in [0.15, 0.2) is 96.6 Å². The van der Waals surface area contributed by atoms with Gasteiger partial charge in [-0.25, -0.2) is 0 Å². The van der Waals surface area contributed by atoms with Crippen molar-refractivity contribution in [2.24, 2.45) is 0 Å². The Bertz CT molecular complexity index is 892. The summed E-state index contributed by atoms with van der Waals surface area (Å²) in [5, 5.41) is 10.3. The molecule has 1 fully saturated rings. The molecule has 168 valence electrons. The molecule has 5 rings (SSSR count). The normalized spacial score (nSPS) is 14.0. The quantitative estimate of drug-likeness (QED) is 0.365. The van der Waals surface area contributed by atoms with Crippen molar-refractivity contribution in [2.75, 3.05) is 18.0 Å². The van der Waals surface area contributed by atoms with E-state index in [9.17, 15) is 5.11 Å². The molecule has 0 unspecified atom stereocenters. The fourth-order valence-electron chi connectivity index (χ4n) is 4.07. The number of hydrogen-bond acceptors (Lipinski definition) is 2. The van der Waals surface area contributed by atoms with Crippen LogP contribution in [0.25, 0.3) is 5.57 Å². The van der Waals surface area contributed by atoms with Gasteiger partial charge in [0.25, 0.3) is 0 Å². The van der Waals surface area contributed by atoms with Crippen LogP contribution in [0, 0.1) is 12.1 Å². The fourth-order valence-corrected chi connectivity index (χ4v) is 4.07. The average molecular weight is 515 g/mol. The minimum absolute atomic E-state index is 0. The molecule has 0 spiro atoms. The number of aromatic hydroxyl groups is 1. The van der Waals surface area contributed by atoms with Crippen molar-refractivity contribution in [3.05, 3.63) is 114 Å². The zero-order valence-electron chi connectivity index (χ0n) is 19.5. The minimum Gasteiger partial charge on any atom is -0.506 e. The molecule has 0 atom stereocenters. The van der Waals surface area contributed by atoms with Gasteiger partial charge in [-0.3, -0.25) is 0 Å². The monoisotopic (exact) mass is 513 g/mol. The number of hydrogen-bond donors (Lipinski definition) is 1. The molecule has 33 heavy (non-hydrogen) atoms. The van der Waals surface area contributed by atoms with E-state index in [-0.39, 0.29) is 26.2 Å². The predicted molar refractivity (Wildman–Crippen MR) is 136 cm³/mol. The Hall–Kier alpha value is -2.38. The van der Waals surface area contributed by atoms with Crippen LogP contribution < -0.4 is 4.90 Å². The maximum Gasteiger partial charge on any atom is 2.00 e. The second-order valence-corrected chi connectivity index (χ2v) is 7.88. The van der Waals surface area contributed by atoms with Gasteiger partial charge < -0.3 is 10.0 Å². The average Bonchev–Trinajstić information content (AvgIpc) is 3.55. The van der Waals surface area contributed by atoms with Crippen LogP contribution in [0.1, 0.15) is 44.6 Å². The molecule has 2 aliphatic rings. The predicted octanol–water partition coefficient (Wildman–Crippen LogP) is 7.48. The molecule has 1 aliphatic carbocycles. The number of benzene rings is 3. The largest absolute Gasteiger partial charge is 2.00 e. The van der Waals surface area contributed by atoms with E-state index in [0.29, 0.717) is 5.75 Å². The Morgan fingerprint density at radius 1 is 0.848 bits per heavy atom. The van der Waals surface area contributed by atoms with Gasteiger partial charge in [0.15, 0.2) is 0 Å². The summed E-state index contributed by atoms with van der Waals surface area (Å²) < 4.78 is 0. The van der Waals surface area contributed by atoms with Crippen molar-refractivity contribution in [3.63, 3.8) is 0 Å². The molecule has 1 N–H and O–H groups in total. The summed E-state index contributed by atoms with van der Waals surface area (Å²) in [6.07, 6.45) is 10.3. The smallest absolute Gasteiger partial charge is 0.506 e. The summed E-state index contributed by atoms with van der Waals surface area (Å²) >= 11 is 0. The van der Waals surface area contributed by atoms with E-state index in [1.165, 1.54) is 36.0 Å². The van der Waals surface area contributed by atoms with Gasteiger partial charge in [-0.2, -0.15) is 72.8 Å². The van der Waals surface area contributed by atoms with Crippen LogP contribution in [0.3, 0.4) is 0 Å². The fraction of sp³-hybridized carbons (Fsp3) is 0.267. The van der Waals surface area contributed by atoms with Crippen LogP contribution in [0.2, 0.25) is 0 Å². The Morgan fingerprint density at radius 3 is 1.94 bits per heavy atom. The first-order valence-electron chi connectivity index (χ1n) is 11.6. The number of para-hydroxylation sites is 1. The first-order valence-corrected chi connectivity index (χ1v) is 11.6. The molecule has 0 bridgehead atoms.